The van der Waals surface area contributed by atoms with Crippen LogP contribution in [-0.4, -0.2) is 54.4 Å². The van der Waals surface area contributed by atoms with Crippen molar-refractivity contribution in [3.63, 3.8) is 0 Å². The summed E-state index contributed by atoms with van der Waals surface area (Å²) in [5.74, 6) is 0.891. The van der Waals surface area contributed by atoms with Gasteiger partial charge < -0.3 is 19.7 Å². The molecule has 1 heterocycles. The second kappa shape index (κ2) is 10.5. The lowest BCUT2D eigenvalue weighted by Gasteiger charge is -2.11. The van der Waals surface area contributed by atoms with Gasteiger partial charge in [0.2, 0.25) is 0 Å². The highest BCUT2D eigenvalue weighted by Gasteiger charge is 2.19. The van der Waals surface area contributed by atoms with Crippen LogP contribution in [0.3, 0.4) is 0 Å². The first kappa shape index (κ1) is 21.4. The maximum Gasteiger partial charge on any atom is 0.280 e. The summed E-state index contributed by atoms with van der Waals surface area (Å²) < 4.78 is 13.0. The van der Waals surface area contributed by atoms with Gasteiger partial charge in [-0.25, -0.2) is 4.68 Å². The van der Waals surface area contributed by atoms with Gasteiger partial charge in [-0.05, 0) is 63.8 Å². The molecule has 0 bridgehead atoms. The van der Waals surface area contributed by atoms with E-state index in [0.29, 0.717) is 24.7 Å². The maximum absolute atomic E-state index is 12.8. The molecule has 0 unspecified atom stereocenters. The van der Waals surface area contributed by atoms with Crippen LogP contribution in [0.25, 0.3) is 5.69 Å². The van der Waals surface area contributed by atoms with E-state index in [1.165, 1.54) is 0 Å². The van der Waals surface area contributed by atoms with Crippen molar-refractivity contribution in [1.82, 2.24) is 14.7 Å². The molecule has 30 heavy (non-hydrogen) atoms. The number of benzene rings is 2. The smallest absolute Gasteiger partial charge is 0.280 e. The molecule has 2 aromatic carbocycles. The first-order valence-electron chi connectivity index (χ1n) is 10.0. The van der Waals surface area contributed by atoms with Gasteiger partial charge in [-0.1, -0.05) is 18.2 Å². The monoisotopic (exact) mass is 408 g/mol. The first-order valence-corrected chi connectivity index (χ1v) is 10.0. The summed E-state index contributed by atoms with van der Waals surface area (Å²) in [6.07, 6.45) is 2.67. The molecule has 0 saturated carbocycles. The Labute approximate surface area is 177 Å². The Kier molecular flexibility index (Phi) is 7.45. The molecular formula is C23H28N4O3. The van der Waals surface area contributed by atoms with Crippen LogP contribution >= 0.6 is 0 Å². The van der Waals surface area contributed by atoms with E-state index < -0.39 is 0 Å². The van der Waals surface area contributed by atoms with Crippen molar-refractivity contribution in [2.24, 2.45) is 0 Å². The van der Waals surface area contributed by atoms with E-state index in [-0.39, 0.29) is 11.6 Å². The summed E-state index contributed by atoms with van der Waals surface area (Å²) in [5.41, 5.74) is 1.76. The van der Waals surface area contributed by atoms with Crippen LogP contribution in [0.4, 0.5) is 5.69 Å². The number of nitrogens with one attached hydrogen (secondary N) is 1. The third-order valence-corrected chi connectivity index (χ3v) is 4.35. The number of hydrogen-bond acceptors (Lipinski definition) is 5. The molecule has 0 aliphatic rings. The Balaban J connectivity index is 1.66. The van der Waals surface area contributed by atoms with Crippen LogP contribution in [0.15, 0.2) is 60.8 Å². The summed E-state index contributed by atoms with van der Waals surface area (Å²) in [5, 5.41) is 7.30. The minimum atomic E-state index is -0.326. The average Bonchev–Trinajstić information content (AvgIpc) is 3.17. The van der Waals surface area contributed by atoms with Crippen molar-refractivity contribution in [3.05, 3.63) is 66.5 Å². The fraction of sp³-hybridized carbons (Fsp3) is 0.304. The lowest BCUT2D eigenvalue weighted by Crippen LogP contribution is -2.15. The number of rotatable bonds is 10. The number of nitrogens with zero attached hydrogens (tertiary/aromatic N) is 3. The van der Waals surface area contributed by atoms with Crippen molar-refractivity contribution in [2.75, 3.05) is 39.2 Å². The fourth-order valence-corrected chi connectivity index (χ4v) is 2.89. The molecule has 7 nitrogen and oxygen atoms in total. The number of carbonyl (C=O) groups is 1. The quantitative estimate of drug-likeness (QED) is 0.516. The fourth-order valence-electron chi connectivity index (χ4n) is 2.89. The van der Waals surface area contributed by atoms with Gasteiger partial charge in [-0.15, -0.1) is 0 Å². The van der Waals surface area contributed by atoms with Gasteiger partial charge in [0.05, 0.1) is 25.1 Å². The van der Waals surface area contributed by atoms with Gasteiger partial charge in [0.25, 0.3) is 5.91 Å². The highest BCUT2D eigenvalue weighted by atomic mass is 16.5. The van der Waals surface area contributed by atoms with Crippen LogP contribution in [0.1, 0.15) is 23.8 Å². The molecule has 0 atom stereocenters. The number of para-hydroxylation sites is 1. The van der Waals surface area contributed by atoms with Crippen LogP contribution in [0.2, 0.25) is 0 Å². The number of ether oxygens (including phenoxy) is 2. The normalized spacial score (nSPS) is 10.8. The van der Waals surface area contributed by atoms with E-state index >= 15 is 0 Å². The first-order chi connectivity index (χ1) is 14.6. The van der Waals surface area contributed by atoms with E-state index in [4.69, 9.17) is 9.47 Å². The molecule has 3 rings (SSSR count). The van der Waals surface area contributed by atoms with Crippen LogP contribution in [0.5, 0.6) is 11.5 Å². The molecule has 7 heteroatoms. The van der Waals surface area contributed by atoms with Crippen LogP contribution in [0, 0.1) is 0 Å². The number of aromatic nitrogens is 2. The van der Waals surface area contributed by atoms with Crippen molar-refractivity contribution >= 4 is 11.6 Å². The van der Waals surface area contributed by atoms with Crippen molar-refractivity contribution in [3.8, 4) is 17.2 Å². The summed E-state index contributed by atoms with van der Waals surface area (Å²) in [7, 11) is 4.08. The Morgan fingerprint density at radius 1 is 1.07 bits per heavy atom. The largest absolute Gasteiger partial charge is 0.494 e. The number of amides is 1. The van der Waals surface area contributed by atoms with Gasteiger partial charge in [-0.3, -0.25) is 4.79 Å². The predicted molar refractivity (Wildman–Crippen MR) is 118 cm³/mol. The molecule has 3 aromatic rings. The van der Waals surface area contributed by atoms with Crippen molar-refractivity contribution < 1.29 is 14.3 Å². The highest BCUT2D eigenvalue weighted by Crippen LogP contribution is 2.22. The number of hydrogen-bond donors (Lipinski definition) is 1. The zero-order valence-electron chi connectivity index (χ0n) is 17.7. The SMILES string of the molecule is CCOc1cn(-c2ccccc2)nc1C(=O)Nc1ccc(OCCCN(C)C)cc1. The molecule has 0 aliphatic carbocycles. The summed E-state index contributed by atoms with van der Waals surface area (Å²) >= 11 is 0. The molecule has 0 aliphatic heterocycles. The van der Waals surface area contributed by atoms with Gasteiger partial charge in [0.15, 0.2) is 11.4 Å². The zero-order valence-corrected chi connectivity index (χ0v) is 17.7. The second-order valence-electron chi connectivity index (χ2n) is 7.04. The minimum Gasteiger partial charge on any atom is -0.494 e. The predicted octanol–water partition coefficient (Wildman–Crippen LogP) is 3.85. The Bertz CT molecular complexity index is 937. The summed E-state index contributed by atoms with van der Waals surface area (Å²) in [4.78, 5) is 14.9. The third kappa shape index (κ3) is 5.84. The molecule has 158 valence electrons. The number of carbonyl (C=O) groups excluding carboxylic acids is 1. The molecule has 0 radical (unpaired) electrons. The Morgan fingerprint density at radius 2 is 1.80 bits per heavy atom. The van der Waals surface area contributed by atoms with Gasteiger partial charge in [0, 0.05) is 12.2 Å². The topological polar surface area (TPSA) is 68.6 Å². The Morgan fingerprint density at radius 3 is 2.47 bits per heavy atom. The van der Waals surface area contributed by atoms with Crippen molar-refractivity contribution in [1.29, 1.82) is 0 Å². The molecule has 0 saturated heterocycles. The summed E-state index contributed by atoms with van der Waals surface area (Å²) in [6, 6.07) is 16.9. The molecule has 1 N–H and O–H groups in total. The Hall–Kier alpha value is -3.32. The third-order valence-electron chi connectivity index (χ3n) is 4.35. The van der Waals surface area contributed by atoms with Gasteiger partial charge in [0.1, 0.15) is 5.75 Å². The highest BCUT2D eigenvalue weighted by molar-refractivity contribution is 6.04. The second-order valence-corrected chi connectivity index (χ2v) is 7.04. The minimum absolute atomic E-state index is 0.240. The van der Waals surface area contributed by atoms with E-state index in [2.05, 4.69) is 15.3 Å². The molecular weight excluding hydrogens is 380 g/mol. The molecule has 0 fully saturated rings. The lowest BCUT2D eigenvalue weighted by atomic mass is 10.3. The van der Waals surface area contributed by atoms with Gasteiger partial charge in [-0.2, -0.15) is 5.10 Å². The van der Waals surface area contributed by atoms with Crippen molar-refractivity contribution in [2.45, 2.75) is 13.3 Å². The maximum atomic E-state index is 12.8. The van der Waals surface area contributed by atoms with E-state index in [9.17, 15) is 4.79 Å². The zero-order chi connectivity index (χ0) is 21.3. The molecule has 0 spiro atoms. The van der Waals surface area contributed by atoms with Crippen LogP contribution < -0.4 is 14.8 Å². The molecule has 1 aromatic heterocycles. The molecule has 1 amide bonds. The van der Waals surface area contributed by atoms with Crippen LogP contribution in [-0.2, 0) is 0 Å². The standard InChI is InChI=1S/C23H28N4O3/c1-4-29-21-17-27(19-9-6-5-7-10-19)25-22(21)23(28)24-18-11-13-20(14-12-18)30-16-8-15-26(2)3/h5-7,9-14,17H,4,8,15-16H2,1-3H3,(H,24,28). The summed E-state index contributed by atoms with van der Waals surface area (Å²) in [6.45, 7) is 3.95. The lowest BCUT2D eigenvalue weighted by molar-refractivity contribution is 0.101. The number of anilines is 1. The van der Waals surface area contributed by atoms with Gasteiger partial charge >= 0.3 is 0 Å². The van der Waals surface area contributed by atoms with E-state index in [1.54, 1.807) is 10.9 Å². The average molecular weight is 409 g/mol. The van der Waals surface area contributed by atoms with E-state index in [1.807, 2.05) is 75.6 Å². The van der Waals surface area contributed by atoms with E-state index in [0.717, 1.165) is 24.4 Å².